The van der Waals surface area contributed by atoms with E-state index in [0.29, 0.717) is 11.4 Å². The average Bonchev–Trinajstić information content (AvgIpc) is 3.07. The number of halogens is 3. The zero-order chi connectivity index (χ0) is 19.6. The van der Waals surface area contributed by atoms with Gasteiger partial charge in [-0.1, -0.05) is 0 Å². The van der Waals surface area contributed by atoms with Gasteiger partial charge in [-0.3, -0.25) is 9.59 Å². The van der Waals surface area contributed by atoms with Crippen molar-refractivity contribution in [3.8, 4) is 5.75 Å². The fraction of sp³-hybridized carbons (Fsp3) is 0.263. The molecule has 8 heteroatoms. The number of anilines is 1. The van der Waals surface area contributed by atoms with Crippen LogP contribution in [0, 0.1) is 23.4 Å². The Kier molecular flexibility index (Phi) is 5.34. The summed E-state index contributed by atoms with van der Waals surface area (Å²) in [6, 6.07) is 8.30. The van der Waals surface area contributed by atoms with Crippen LogP contribution in [0.15, 0.2) is 36.4 Å². The first-order valence-corrected chi connectivity index (χ1v) is 8.14. The number of carbonyl (C=O) groups is 2. The highest BCUT2D eigenvalue weighted by Gasteiger charge is 2.35. The molecule has 0 saturated carbocycles. The second-order valence-corrected chi connectivity index (χ2v) is 6.05. The normalized spacial score (nSPS) is 16.5. The van der Waals surface area contributed by atoms with E-state index in [1.54, 1.807) is 24.3 Å². The lowest BCUT2D eigenvalue weighted by molar-refractivity contribution is -0.145. The molecule has 2 aromatic carbocycles. The number of carbonyl (C=O) groups excluding carboxylic acids is 2. The van der Waals surface area contributed by atoms with Crippen molar-refractivity contribution in [1.29, 1.82) is 0 Å². The van der Waals surface area contributed by atoms with E-state index in [1.807, 2.05) is 0 Å². The van der Waals surface area contributed by atoms with Crippen molar-refractivity contribution in [3.05, 3.63) is 59.4 Å². The lowest BCUT2D eigenvalue weighted by atomic mass is 10.1. The molecular weight excluding hydrogens is 363 g/mol. The third-order valence-corrected chi connectivity index (χ3v) is 4.32. The fourth-order valence-electron chi connectivity index (χ4n) is 2.84. The highest BCUT2D eigenvalue weighted by atomic mass is 19.2. The van der Waals surface area contributed by atoms with Crippen molar-refractivity contribution in [2.75, 3.05) is 18.6 Å². The topological polar surface area (TPSA) is 55.8 Å². The van der Waals surface area contributed by atoms with Crippen molar-refractivity contribution < 1.29 is 32.2 Å². The Balaban J connectivity index is 1.65. The average molecular weight is 379 g/mol. The Morgan fingerprint density at radius 1 is 1.11 bits per heavy atom. The third kappa shape index (κ3) is 3.89. The van der Waals surface area contributed by atoms with E-state index in [1.165, 1.54) is 12.0 Å². The van der Waals surface area contributed by atoms with Gasteiger partial charge < -0.3 is 14.4 Å². The largest absolute Gasteiger partial charge is 0.489 e. The van der Waals surface area contributed by atoms with Gasteiger partial charge in [0.15, 0.2) is 17.5 Å². The van der Waals surface area contributed by atoms with Crippen molar-refractivity contribution in [2.45, 2.75) is 13.0 Å². The van der Waals surface area contributed by atoms with Crippen molar-refractivity contribution in [2.24, 2.45) is 5.92 Å². The van der Waals surface area contributed by atoms with Crippen molar-refractivity contribution >= 4 is 17.6 Å². The van der Waals surface area contributed by atoms with Gasteiger partial charge in [-0.15, -0.1) is 0 Å². The van der Waals surface area contributed by atoms with Crippen molar-refractivity contribution in [1.82, 2.24) is 0 Å². The van der Waals surface area contributed by atoms with E-state index in [4.69, 9.17) is 4.74 Å². The summed E-state index contributed by atoms with van der Waals surface area (Å²) in [6.07, 6.45) is 0.0837. The Hall–Kier alpha value is -3.03. The van der Waals surface area contributed by atoms with Gasteiger partial charge in [0.05, 0.1) is 13.0 Å². The zero-order valence-electron chi connectivity index (χ0n) is 14.4. The van der Waals surface area contributed by atoms with Crippen LogP contribution in [0.2, 0.25) is 0 Å². The molecule has 27 heavy (non-hydrogen) atoms. The first-order chi connectivity index (χ1) is 12.9. The first-order valence-electron chi connectivity index (χ1n) is 8.14. The number of hydrogen-bond donors (Lipinski definition) is 0. The summed E-state index contributed by atoms with van der Waals surface area (Å²) in [5.41, 5.74) is 0.464. The standard InChI is InChI=1S/C19H16F3NO4/c1-26-19(25)12-8-16(24)23(9-12)13-3-5-14(6-4-13)27-10-11-2-7-15(20)18(22)17(11)21/h2-7,12H,8-10H2,1H3/t12-/m0/s1. The summed E-state index contributed by atoms with van der Waals surface area (Å²) in [5.74, 6) is -4.86. The fourth-order valence-corrected chi connectivity index (χ4v) is 2.84. The van der Waals surface area contributed by atoms with Crippen LogP contribution in [-0.4, -0.2) is 25.5 Å². The number of nitrogens with zero attached hydrogens (tertiary/aromatic N) is 1. The van der Waals surface area contributed by atoms with Crippen LogP contribution in [0.3, 0.4) is 0 Å². The minimum atomic E-state index is -1.54. The summed E-state index contributed by atoms with van der Waals surface area (Å²) >= 11 is 0. The van der Waals surface area contributed by atoms with Gasteiger partial charge in [-0.05, 0) is 36.4 Å². The Bertz CT molecular complexity index is 870. The number of ether oxygens (including phenoxy) is 2. The molecule has 2 aromatic rings. The van der Waals surface area contributed by atoms with Crippen LogP contribution < -0.4 is 9.64 Å². The molecule has 0 bridgehead atoms. The minimum Gasteiger partial charge on any atom is -0.489 e. The van der Waals surface area contributed by atoms with Gasteiger partial charge in [0.2, 0.25) is 5.91 Å². The molecular formula is C19H16F3NO4. The lowest BCUT2D eigenvalue weighted by Gasteiger charge is -2.17. The van der Waals surface area contributed by atoms with E-state index in [0.717, 1.165) is 12.1 Å². The van der Waals surface area contributed by atoms with E-state index < -0.39 is 29.3 Å². The quantitative estimate of drug-likeness (QED) is 0.591. The summed E-state index contributed by atoms with van der Waals surface area (Å²) in [4.78, 5) is 25.1. The van der Waals surface area contributed by atoms with E-state index in [2.05, 4.69) is 4.74 Å². The Morgan fingerprint density at radius 2 is 1.81 bits per heavy atom. The number of benzene rings is 2. The van der Waals surface area contributed by atoms with Crippen molar-refractivity contribution in [3.63, 3.8) is 0 Å². The maximum absolute atomic E-state index is 13.6. The molecule has 0 N–H and O–H groups in total. The number of rotatable bonds is 5. The van der Waals surface area contributed by atoms with Gasteiger partial charge in [-0.2, -0.15) is 0 Å². The summed E-state index contributed by atoms with van der Waals surface area (Å²) in [7, 11) is 1.28. The van der Waals surface area contributed by atoms with Crippen LogP contribution in [-0.2, 0) is 20.9 Å². The third-order valence-electron chi connectivity index (χ3n) is 4.32. The SMILES string of the molecule is COC(=O)[C@H]1CC(=O)N(c2ccc(OCc3ccc(F)c(F)c3F)cc2)C1. The van der Waals surface area contributed by atoms with Gasteiger partial charge >= 0.3 is 5.97 Å². The first kappa shape index (κ1) is 18.8. The van der Waals surface area contributed by atoms with Crippen LogP contribution in [0.4, 0.5) is 18.9 Å². The van der Waals surface area contributed by atoms with Gasteiger partial charge in [-0.25, -0.2) is 13.2 Å². The molecule has 3 rings (SSSR count). The molecule has 142 valence electrons. The molecule has 0 unspecified atom stereocenters. The number of esters is 1. The molecule has 1 saturated heterocycles. The Labute approximate surface area is 153 Å². The molecule has 0 aromatic heterocycles. The van der Waals surface area contributed by atoms with Crippen LogP contribution in [0.25, 0.3) is 0 Å². The summed E-state index contributed by atoms with van der Waals surface area (Å²) in [5, 5.41) is 0. The zero-order valence-corrected chi connectivity index (χ0v) is 14.4. The maximum Gasteiger partial charge on any atom is 0.311 e. The van der Waals surface area contributed by atoms with Gasteiger partial charge in [0.1, 0.15) is 12.4 Å². The number of hydrogen-bond acceptors (Lipinski definition) is 4. The predicted octanol–water partition coefficient (Wildman–Crippen LogP) is 3.21. The minimum absolute atomic E-state index is 0.0837. The highest BCUT2D eigenvalue weighted by Crippen LogP contribution is 2.28. The van der Waals surface area contributed by atoms with Crippen LogP contribution in [0.5, 0.6) is 5.75 Å². The van der Waals surface area contributed by atoms with Gasteiger partial charge in [0, 0.05) is 24.2 Å². The summed E-state index contributed by atoms with van der Waals surface area (Å²) in [6.45, 7) is -0.0543. The van der Waals surface area contributed by atoms with E-state index in [-0.39, 0.29) is 31.0 Å². The molecule has 0 aliphatic carbocycles. The summed E-state index contributed by atoms with van der Waals surface area (Å²) < 4.78 is 49.8. The molecule has 5 nitrogen and oxygen atoms in total. The van der Waals surface area contributed by atoms with Crippen LogP contribution >= 0.6 is 0 Å². The molecule has 1 aliphatic heterocycles. The van der Waals surface area contributed by atoms with Crippen LogP contribution in [0.1, 0.15) is 12.0 Å². The smallest absolute Gasteiger partial charge is 0.311 e. The van der Waals surface area contributed by atoms with E-state index >= 15 is 0 Å². The monoisotopic (exact) mass is 379 g/mol. The second-order valence-electron chi connectivity index (χ2n) is 6.05. The lowest BCUT2D eigenvalue weighted by Crippen LogP contribution is -2.26. The second kappa shape index (κ2) is 7.69. The number of amides is 1. The molecule has 0 spiro atoms. The van der Waals surface area contributed by atoms with E-state index in [9.17, 15) is 22.8 Å². The maximum atomic E-state index is 13.6. The predicted molar refractivity (Wildman–Crippen MR) is 89.6 cm³/mol. The molecule has 1 aliphatic rings. The molecule has 1 fully saturated rings. The molecule has 1 atom stereocenters. The number of methoxy groups -OCH3 is 1. The molecule has 1 heterocycles. The molecule has 0 radical (unpaired) electrons. The van der Waals surface area contributed by atoms with Gasteiger partial charge in [0.25, 0.3) is 0 Å². The Morgan fingerprint density at radius 3 is 2.48 bits per heavy atom. The molecule has 1 amide bonds. The highest BCUT2D eigenvalue weighted by molar-refractivity contribution is 5.99.